The first kappa shape index (κ1) is 31.9. The lowest BCUT2D eigenvalue weighted by Gasteiger charge is -2.75. The van der Waals surface area contributed by atoms with Gasteiger partial charge in [0.25, 0.3) is 0 Å². The maximum atomic E-state index is 11.3. The first-order chi connectivity index (χ1) is 18.9. The van der Waals surface area contributed by atoms with Crippen molar-refractivity contribution in [2.75, 3.05) is 13.2 Å². The molecule has 232 valence electrons. The molecule has 1 aromatic rings. The number of fused-ring (bicyclic) bond motifs is 1. The topological polar surface area (TPSA) is 47.9 Å². The summed E-state index contributed by atoms with van der Waals surface area (Å²) in [4.78, 5) is 0. The van der Waals surface area contributed by atoms with Crippen LogP contribution < -0.4 is 0 Å². The zero-order chi connectivity index (χ0) is 30.3. The average molecular weight is 601 g/mol. The third-order valence-corrected chi connectivity index (χ3v) is 22.6. The summed E-state index contributed by atoms with van der Waals surface area (Å²) in [6.07, 6.45) is 6.16. The fourth-order valence-electron chi connectivity index (χ4n) is 9.52. The predicted molar refractivity (Wildman–Crippen MR) is 174 cm³/mol. The van der Waals surface area contributed by atoms with E-state index in [1.165, 1.54) is 24.8 Å². The molecule has 0 saturated heterocycles. The van der Waals surface area contributed by atoms with Crippen LogP contribution in [0.15, 0.2) is 30.3 Å². The van der Waals surface area contributed by atoms with Crippen LogP contribution in [-0.4, -0.2) is 47.2 Å². The van der Waals surface area contributed by atoms with Crippen LogP contribution in [0, 0.1) is 34.0 Å². The number of hydrogen-bond donors (Lipinski definition) is 1. The molecule has 6 heteroatoms. The number of aliphatic hydroxyl groups excluding tert-OH is 1. The van der Waals surface area contributed by atoms with Gasteiger partial charge in [0.05, 0.1) is 25.4 Å². The van der Waals surface area contributed by atoms with Crippen molar-refractivity contribution >= 4 is 16.6 Å². The maximum Gasteiger partial charge on any atom is 0.192 e. The molecule has 6 rings (SSSR count). The predicted octanol–water partition coefficient (Wildman–Crippen LogP) is 8.81. The summed E-state index contributed by atoms with van der Waals surface area (Å²) in [7, 11) is -4.06. The smallest absolute Gasteiger partial charge is 0.192 e. The van der Waals surface area contributed by atoms with Crippen LogP contribution in [0.1, 0.15) is 86.1 Å². The lowest BCUT2D eigenvalue weighted by Crippen LogP contribution is -2.76. The van der Waals surface area contributed by atoms with Gasteiger partial charge in [0, 0.05) is 12.0 Å². The highest BCUT2D eigenvalue weighted by molar-refractivity contribution is 6.74. The van der Waals surface area contributed by atoms with E-state index in [2.05, 4.69) is 105 Å². The maximum absolute atomic E-state index is 11.3. The minimum Gasteiger partial charge on any atom is -0.413 e. The Morgan fingerprint density at radius 2 is 1.49 bits per heavy atom. The Morgan fingerprint density at radius 3 is 2.05 bits per heavy atom. The lowest BCUT2D eigenvalue weighted by atomic mass is 9.31. The Labute approximate surface area is 253 Å². The molecule has 5 aliphatic rings. The quantitative estimate of drug-likeness (QED) is 0.273. The third kappa shape index (κ3) is 4.63. The minimum absolute atomic E-state index is 0.108. The van der Waals surface area contributed by atoms with Gasteiger partial charge in [-0.3, -0.25) is 0 Å². The molecule has 1 N–H and O–H groups in total. The number of benzene rings is 1. The molecule has 0 aromatic heterocycles. The Bertz CT molecular complexity index is 1090. The highest BCUT2D eigenvalue weighted by atomic mass is 28.4. The molecular weight excluding hydrogens is 541 g/mol. The van der Waals surface area contributed by atoms with Gasteiger partial charge in [-0.05, 0) is 96.1 Å². The van der Waals surface area contributed by atoms with Gasteiger partial charge in [-0.15, -0.1) is 0 Å². The van der Waals surface area contributed by atoms with Crippen LogP contribution in [0.5, 0.6) is 0 Å². The summed E-state index contributed by atoms with van der Waals surface area (Å²) in [6, 6.07) is 10.5. The van der Waals surface area contributed by atoms with Crippen LogP contribution in [0.3, 0.4) is 0 Å². The summed E-state index contributed by atoms with van der Waals surface area (Å²) >= 11 is 0. The number of hydrogen-bond acceptors (Lipinski definition) is 4. The van der Waals surface area contributed by atoms with Gasteiger partial charge in [0.1, 0.15) is 0 Å². The number of ether oxygens (including phenoxy) is 1. The molecule has 5 saturated carbocycles. The fourth-order valence-corrected chi connectivity index (χ4v) is 12.2. The summed E-state index contributed by atoms with van der Waals surface area (Å²) in [5, 5.41) is 11.6. The molecule has 5 fully saturated rings. The van der Waals surface area contributed by atoms with Crippen molar-refractivity contribution < 1.29 is 18.7 Å². The van der Waals surface area contributed by atoms with E-state index < -0.39 is 16.6 Å². The molecule has 41 heavy (non-hydrogen) atoms. The van der Waals surface area contributed by atoms with E-state index in [0.717, 1.165) is 19.4 Å². The minimum atomic E-state index is -2.04. The molecule has 8 atom stereocenters. The van der Waals surface area contributed by atoms with Crippen molar-refractivity contribution in [1.82, 2.24) is 0 Å². The highest BCUT2D eigenvalue weighted by Crippen LogP contribution is 2.90. The van der Waals surface area contributed by atoms with Gasteiger partial charge in [-0.2, -0.15) is 0 Å². The second-order valence-electron chi connectivity index (χ2n) is 17.5. The number of aliphatic hydroxyl groups is 1. The standard InChI is InChI=1S/C35H60O4Si2/c1-31(2,3)40(8,9)38-29-18-15-19-33(7)34(27-20-26(27)24-37-23-25-16-13-12-14-17-25)21-30(35(29,33)28(34)22-36)39-41(10,11)32(4,5)6/h12-14,16-17,26-30,36H,15,18-24H2,1-11H3/t26-,27+,28?,29+,30-,33-,34-,35-/m0/s1. The Hall–Kier alpha value is -0.506. The molecule has 1 aromatic carbocycles. The molecular formula is C35H60O4Si2. The molecule has 0 radical (unpaired) electrons. The van der Waals surface area contributed by atoms with E-state index in [9.17, 15) is 5.11 Å². The van der Waals surface area contributed by atoms with Gasteiger partial charge in [0.15, 0.2) is 16.6 Å². The molecule has 0 heterocycles. The van der Waals surface area contributed by atoms with Crippen molar-refractivity contribution in [3.05, 3.63) is 35.9 Å². The van der Waals surface area contributed by atoms with E-state index in [0.29, 0.717) is 18.4 Å². The van der Waals surface area contributed by atoms with E-state index >= 15 is 0 Å². The van der Waals surface area contributed by atoms with Crippen LogP contribution >= 0.6 is 0 Å². The van der Waals surface area contributed by atoms with Crippen molar-refractivity contribution in [2.45, 2.75) is 136 Å². The summed E-state index contributed by atoms with van der Waals surface area (Å²) in [5.41, 5.74) is 1.38. The van der Waals surface area contributed by atoms with Gasteiger partial charge in [-0.25, -0.2) is 0 Å². The highest BCUT2D eigenvalue weighted by Gasteiger charge is 2.90. The molecule has 1 unspecified atom stereocenters. The van der Waals surface area contributed by atoms with Crippen molar-refractivity contribution in [3.8, 4) is 0 Å². The van der Waals surface area contributed by atoms with Crippen molar-refractivity contribution in [2.24, 2.45) is 34.0 Å². The molecule has 1 spiro atoms. The number of rotatable bonds is 10. The molecule has 2 bridgehead atoms. The van der Waals surface area contributed by atoms with Gasteiger partial charge in [0.2, 0.25) is 0 Å². The monoisotopic (exact) mass is 600 g/mol. The Kier molecular flexibility index (Phi) is 7.99. The first-order valence-electron chi connectivity index (χ1n) is 16.5. The third-order valence-electron chi connectivity index (χ3n) is 13.6. The Morgan fingerprint density at radius 1 is 0.902 bits per heavy atom. The molecule has 5 aliphatic carbocycles. The van der Waals surface area contributed by atoms with Crippen LogP contribution in [0.2, 0.25) is 36.3 Å². The summed E-state index contributed by atoms with van der Waals surface area (Å²) in [5.74, 6) is 1.43. The zero-order valence-electron chi connectivity index (χ0n) is 28.1. The van der Waals surface area contributed by atoms with Crippen LogP contribution in [0.25, 0.3) is 0 Å². The lowest BCUT2D eigenvalue weighted by molar-refractivity contribution is -0.306. The van der Waals surface area contributed by atoms with E-state index in [4.69, 9.17) is 13.6 Å². The van der Waals surface area contributed by atoms with Gasteiger partial charge in [-0.1, -0.05) is 85.2 Å². The van der Waals surface area contributed by atoms with E-state index in [-0.39, 0.29) is 51.1 Å². The molecule has 0 aliphatic heterocycles. The van der Waals surface area contributed by atoms with Crippen molar-refractivity contribution in [3.63, 3.8) is 0 Å². The largest absolute Gasteiger partial charge is 0.413 e. The first-order valence-corrected chi connectivity index (χ1v) is 22.3. The Balaban J connectivity index is 1.47. The fraction of sp³-hybridized carbons (Fsp3) is 0.829. The van der Waals surface area contributed by atoms with Crippen LogP contribution in [-0.2, 0) is 20.2 Å². The van der Waals surface area contributed by atoms with E-state index in [1.807, 2.05) is 0 Å². The normalized spacial score (nSPS) is 38.9. The molecule has 4 nitrogen and oxygen atoms in total. The van der Waals surface area contributed by atoms with E-state index in [1.54, 1.807) is 0 Å². The van der Waals surface area contributed by atoms with Crippen molar-refractivity contribution in [1.29, 1.82) is 0 Å². The zero-order valence-corrected chi connectivity index (χ0v) is 30.1. The second kappa shape index (κ2) is 10.3. The van der Waals surface area contributed by atoms with Gasteiger partial charge >= 0.3 is 0 Å². The van der Waals surface area contributed by atoms with Crippen LogP contribution in [0.4, 0.5) is 0 Å². The average Bonchev–Trinajstić information content (AvgIpc) is 3.50. The van der Waals surface area contributed by atoms with Gasteiger partial charge < -0.3 is 18.7 Å². The molecule has 0 amide bonds. The SMILES string of the molecule is CC(C)(C)[Si](C)(C)O[C@H]1C[C@]2([C@@H]3C[C@H]3COCc3ccccc3)C(CO)[C@]13[C@H](O[Si](C)(C)C(C)(C)C)CCC[C@]32C. The summed E-state index contributed by atoms with van der Waals surface area (Å²) < 4.78 is 21.3. The summed E-state index contributed by atoms with van der Waals surface area (Å²) in [6.45, 7) is 28.2. The second-order valence-corrected chi connectivity index (χ2v) is 27.0.